The van der Waals surface area contributed by atoms with Crippen molar-refractivity contribution in [2.75, 3.05) is 4.90 Å². The molecule has 0 spiro atoms. The van der Waals surface area contributed by atoms with Gasteiger partial charge in [0.1, 0.15) is 5.65 Å². The molecule has 4 nitrogen and oxygen atoms in total. The SMILES string of the molecule is CC(=O)N1c2ccc(-c3cn4ccccc4n3)cc2CC1C. The van der Waals surface area contributed by atoms with E-state index in [0.29, 0.717) is 0 Å². The van der Waals surface area contributed by atoms with E-state index in [1.165, 1.54) is 5.56 Å². The molecule has 22 heavy (non-hydrogen) atoms. The second kappa shape index (κ2) is 4.70. The van der Waals surface area contributed by atoms with E-state index in [0.717, 1.165) is 29.0 Å². The highest BCUT2D eigenvalue weighted by Crippen LogP contribution is 2.35. The minimum absolute atomic E-state index is 0.103. The van der Waals surface area contributed by atoms with Gasteiger partial charge < -0.3 is 9.30 Å². The molecule has 1 aromatic carbocycles. The summed E-state index contributed by atoms with van der Waals surface area (Å²) in [5.41, 5.74) is 5.25. The molecule has 0 radical (unpaired) electrons. The molecular weight excluding hydrogens is 274 g/mol. The highest BCUT2D eigenvalue weighted by atomic mass is 16.2. The van der Waals surface area contributed by atoms with Crippen LogP contribution in [0.2, 0.25) is 0 Å². The Morgan fingerprint density at radius 3 is 2.91 bits per heavy atom. The first kappa shape index (κ1) is 13.1. The van der Waals surface area contributed by atoms with Crippen LogP contribution in [-0.2, 0) is 11.2 Å². The van der Waals surface area contributed by atoms with E-state index in [4.69, 9.17) is 0 Å². The normalized spacial score (nSPS) is 17.0. The molecule has 1 unspecified atom stereocenters. The Morgan fingerprint density at radius 2 is 2.14 bits per heavy atom. The van der Waals surface area contributed by atoms with E-state index in [1.807, 2.05) is 46.0 Å². The molecule has 1 atom stereocenters. The minimum Gasteiger partial charge on any atom is -0.309 e. The number of carbonyl (C=O) groups is 1. The van der Waals surface area contributed by atoms with Crippen molar-refractivity contribution in [3.05, 3.63) is 54.4 Å². The summed E-state index contributed by atoms with van der Waals surface area (Å²) in [4.78, 5) is 18.3. The fraction of sp³-hybridized carbons (Fsp3) is 0.222. The molecule has 0 N–H and O–H groups in total. The van der Waals surface area contributed by atoms with Gasteiger partial charge in [0.05, 0.1) is 5.69 Å². The molecule has 3 heterocycles. The molecule has 0 saturated heterocycles. The maximum atomic E-state index is 11.8. The first-order valence-corrected chi connectivity index (χ1v) is 7.50. The number of pyridine rings is 1. The number of nitrogens with zero attached hydrogens (tertiary/aromatic N) is 3. The van der Waals surface area contributed by atoms with Gasteiger partial charge in [-0.2, -0.15) is 0 Å². The van der Waals surface area contributed by atoms with Crippen LogP contribution in [0.3, 0.4) is 0 Å². The van der Waals surface area contributed by atoms with Gasteiger partial charge in [0.25, 0.3) is 0 Å². The summed E-state index contributed by atoms with van der Waals surface area (Å²) in [7, 11) is 0. The summed E-state index contributed by atoms with van der Waals surface area (Å²) in [6.45, 7) is 3.72. The number of carbonyl (C=O) groups excluding carboxylic acids is 1. The van der Waals surface area contributed by atoms with Crippen LogP contribution in [0.15, 0.2) is 48.8 Å². The summed E-state index contributed by atoms with van der Waals surface area (Å²) >= 11 is 0. The lowest BCUT2D eigenvalue weighted by molar-refractivity contribution is -0.116. The van der Waals surface area contributed by atoms with Gasteiger partial charge in [-0.25, -0.2) is 4.98 Å². The Labute approximate surface area is 129 Å². The zero-order valence-corrected chi connectivity index (χ0v) is 12.7. The van der Waals surface area contributed by atoms with Crippen molar-refractivity contribution in [2.45, 2.75) is 26.3 Å². The molecule has 1 aliphatic heterocycles. The number of fused-ring (bicyclic) bond motifs is 2. The standard InChI is InChI=1S/C18H17N3O/c1-12-9-15-10-14(6-7-17(15)21(12)13(2)22)16-11-20-8-4-3-5-18(20)19-16/h3-8,10-12H,9H2,1-2H3. The lowest BCUT2D eigenvalue weighted by Gasteiger charge is -2.20. The fourth-order valence-electron chi connectivity index (χ4n) is 3.34. The van der Waals surface area contributed by atoms with Gasteiger partial charge in [-0.1, -0.05) is 12.1 Å². The van der Waals surface area contributed by atoms with Gasteiger partial charge >= 0.3 is 0 Å². The first-order chi connectivity index (χ1) is 10.6. The van der Waals surface area contributed by atoms with Crippen LogP contribution in [0, 0.1) is 0 Å². The van der Waals surface area contributed by atoms with Crippen molar-refractivity contribution >= 4 is 17.2 Å². The number of benzene rings is 1. The highest BCUT2D eigenvalue weighted by molar-refractivity contribution is 5.95. The maximum Gasteiger partial charge on any atom is 0.224 e. The topological polar surface area (TPSA) is 37.6 Å². The van der Waals surface area contributed by atoms with Crippen molar-refractivity contribution in [2.24, 2.45) is 0 Å². The van der Waals surface area contributed by atoms with Crippen LogP contribution in [0.5, 0.6) is 0 Å². The van der Waals surface area contributed by atoms with Crippen LogP contribution in [0.1, 0.15) is 19.4 Å². The van der Waals surface area contributed by atoms with Gasteiger partial charge in [0.15, 0.2) is 0 Å². The molecule has 2 aromatic heterocycles. The number of amides is 1. The second-order valence-electron chi connectivity index (χ2n) is 5.88. The number of rotatable bonds is 1. The molecule has 4 heteroatoms. The largest absolute Gasteiger partial charge is 0.309 e. The third kappa shape index (κ3) is 1.91. The Hall–Kier alpha value is -2.62. The predicted octanol–water partition coefficient (Wildman–Crippen LogP) is 3.30. The summed E-state index contributed by atoms with van der Waals surface area (Å²) in [6, 6.07) is 12.5. The molecular formula is C18H17N3O. The highest BCUT2D eigenvalue weighted by Gasteiger charge is 2.29. The smallest absolute Gasteiger partial charge is 0.224 e. The van der Waals surface area contributed by atoms with E-state index >= 15 is 0 Å². The van der Waals surface area contributed by atoms with Gasteiger partial charge in [-0.05, 0) is 43.2 Å². The van der Waals surface area contributed by atoms with Crippen molar-refractivity contribution in [3.63, 3.8) is 0 Å². The van der Waals surface area contributed by atoms with Crippen LogP contribution in [0.25, 0.3) is 16.9 Å². The monoisotopic (exact) mass is 291 g/mol. The molecule has 3 aromatic rings. The van der Waals surface area contributed by atoms with Crippen molar-refractivity contribution in [1.29, 1.82) is 0 Å². The predicted molar refractivity (Wildman–Crippen MR) is 87.0 cm³/mol. The van der Waals surface area contributed by atoms with E-state index in [9.17, 15) is 4.79 Å². The van der Waals surface area contributed by atoms with Crippen LogP contribution >= 0.6 is 0 Å². The zero-order chi connectivity index (χ0) is 15.3. The maximum absolute atomic E-state index is 11.8. The fourth-order valence-corrected chi connectivity index (χ4v) is 3.34. The Balaban J connectivity index is 1.79. The molecule has 0 aliphatic carbocycles. The van der Waals surface area contributed by atoms with E-state index in [-0.39, 0.29) is 11.9 Å². The summed E-state index contributed by atoms with van der Waals surface area (Å²) in [5, 5.41) is 0. The van der Waals surface area contributed by atoms with Gasteiger partial charge in [0.2, 0.25) is 5.91 Å². The lowest BCUT2D eigenvalue weighted by Crippen LogP contribution is -2.33. The number of anilines is 1. The Morgan fingerprint density at radius 1 is 1.27 bits per heavy atom. The number of imidazole rings is 1. The summed E-state index contributed by atoms with van der Waals surface area (Å²) in [5.74, 6) is 0.103. The van der Waals surface area contributed by atoms with E-state index in [2.05, 4.69) is 24.0 Å². The number of aromatic nitrogens is 2. The van der Waals surface area contributed by atoms with E-state index in [1.54, 1.807) is 6.92 Å². The molecule has 4 rings (SSSR count). The Bertz CT molecular complexity index is 848. The van der Waals surface area contributed by atoms with Crippen LogP contribution < -0.4 is 4.90 Å². The van der Waals surface area contributed by atoms with Gasteiger partial charge in [-0.15, -0.1) is 0 Å². The third-order valence-corrected chi connectivity index (χ3v) is 4.29. The minimum atomic E-state index is 0.103. The van der Waals surface area contributed by atoms with E-state index < -0.39 is 0 Å². The van der Waals surface area contributed by atoms with Crippen molar-refractivity contribution in [1.82, 2.24) is 9.38 Å². The number of hydrogen-bond acceptors (Lipinski definition) is 2. The summed E-state index contributed by atoms with van der Waals surface area (Å²) in [6.07, 6.45) is 4.94. The number of hydrogen-bond donors (Lipinski definition) is 0. The van der Waals surface area contributed by atoms with Crippen molar-refractivity contribution < 1.29 is 4.79 Å². The third-order valence-electron chi connectivity index (χ3n) is 4.29. The molecule has 0 bridgehead atoms. The second-order valence-corrected chi connectivity index (χ2v) is 5.88. The van der Waals surface area contributed by atoms with Gasteiger partial charge in [0, 0.05) is 36.6 Å². The lowest BCUT2D eigenvalue weighted by atomic mass is 10.1. The average Bonchev–Trinajstić information content (AvgIpc) is 3.05. The van der Waals surface area contributed by atoms with Crippen LogP contribution in [-0.4, -0.2) is 21.3 Å². The molecule has 1 amide bonds. The molecule has 0 fully saturated rings. The zero-order valence-electron chi connectivity index (χ0n) is 12.7. The Kier molecular flexibility index (Phi) is 2.79. The summed E-state index contributed by atoms with van der Waals surface area (Å²) < 4.78 is 2.02. The first-order valence-electron chi connectivity index (χ1n) is 7.50. The molecule has 1 aliphatic rings. The molecule has 0 saturated carbocycles. The van der Waals surface area contributed by atoms with Crippen molar-refractivity contribution in [3.8, 4) is 11.3 Å². The average molecular weight is 291 g/mol. The van der Waals surface area contributed by atoms with Gasteiger partial charge in [-0.3, -0.25) is 4.79 Å². The molecule has 110 valence electrons. The quantitative estimate of drug-likeness (QED) is 0.690. The van der Waals surface area contributed by atoms with Crippen LogP contribution in [0.4, 0.5) is 5.69 Å².